The van der Waals surface area contributed by atoms with Crippen molar-refractivity contribution in [2.24, 2.45) is 0 Å². The maximum absolute atomic E-state index is 12.5. The number of nitrogens with one attached hydrogen (secondary N) is 1. The van der Waals surface area contributed by atoms with Crippen LogP contribution in [0.3, 0.4) is 0 Å². The predicted octanol–water partition coefficient (Wildman–Crippen LogP) is 3.64. The Morgan fingerprint density at radius 3 is 2.58 bits per heavy atom. The molecule has 6 nitrogen and oxygen atoms in total. The van der Waals surface area contributed by atoms with Crippen LogP contribution in [0.25, 0.3) is 0 Å². The molecular formula is C24H28ClNO5. The van der Waals surface area contributed by atoms with Crippen LogP contribution in [0.5, 0.6) is 11.5 Å². The van der Waals surface area contributed by atoms with Crippen molar-refractivity contribution in [3.63, 3.8) is 0 Å². The number of carbonyl (C=O) groups excluding carboxylic acids is 1. The Morgan fingerprint density at radius 2 is 1.90 bits per heavy atom. The molecule has 166 valence electrons. The van der Waals surface area contributed by atoms with Gasteiger partial charge in [-0.05, 0) is 48.7 Å². The summed E-state index contributed by atoms with van der Waals surface area (Å²) in [5.41, 5.74) is 1.97. The van der Waals surface area contributed by atoms with E-state index in [9.17, 15) is 4.79 Å². The second-order valence-corrected chi connectivity index (χ2v) is 7.04. The van der Waals surface area contributed by atoms with E-state index in [0.717, 1.165) is 11.1 Å². The van der Waals surface area contributed by atoms with Gasteiger partial charge < -0.3 is 24.3 Å². The summed E-state index contributed by atoms with van der Waals surface area (Å²) in [5.74, 6) is 3.40. The topological polar surface area (TPSA) is 66.0 Å². The van der Waals surface area contributed by atoms with E-state index in [0.29, 0.717) is 42.7 Å². The van der Waals surface area contributed by atoms with E-state index in [4.69, 9.17) is 37.0 Å². The lowest BCUT2D eigenvalue weighted by molar-refractivity contribution is -0.137. The van der Waals surface area contributed by atoms with Gasteiger partial charge in [0.15, 0.2) is 17.6 Å². The Kier molecular flexibility index (Phi) is 10.7. The summed E-state index contributed by atoms with van der Waals surface area (Å²) in [6.07, 6.45) is 5.18. The fraction of sp³-hybridized carbons (Fsp3) is 0.375. The van der Waals surface area contributed by atoms with Crippen LogP contribution in [-0.4, -0.2) is 45.5 Å². The molecule has 0 saturated heterocycles. The number of carbonyl (C=O) groups is 1. The normalized spacial score (nSPS) is 11.4. The molecule has 0 aliphatic heterocycles. The summed E-state index contributed by atoms with van der Waals surface area (Å²) >= 11 is 5.88. The first kappa shape index (κ1) is 24.5. The molecule has 2 aromatic rings. The van der Waals surface area contributed by atoms with E-state index in [1.165, 1.54) is 0 Å². The van der Waals surface area contributed by atoms with Crippen LogP contribution in [0.2, 0.25) is 5.02 Å². The van der Waals surface area contributed by atoms with Gasteiger partial charge in [0.2, 0.25) is 0 Å². The monoisotopic (exact) mass is 445 g/mol. The fourth-order valence-electron chi connectivity index (χ4n) is 2.82. The van der Waals surface area contributed by atoms with E-state index in [2.05, 4.69) is 11.2 Å². The molecule has 0 saturated carbocycles. The van der Waals surface area contributed by atoms with Crippen molar-refractivity contribution in [3.8, 4) is 23.8 Å². The molecule has 0 radical (unpaired) electrons. The average molecular weight is 446 g/mol. The number of ether oxygens (including phenoxy) is 4. The number of hydrogen-bond donors (Lipinski definition) is 1. The summed E-state index contributed by atoms with van der Waals surface area (Å²) in [6.45, 7) is 3.42. The van der Waals surface area contributed by atoms with E-state index in [1.807, 2.05) is 31.2 Å². The molecule has 1 amide bonds. The Balaban J connectivity index is 1.81. The van der Waals surface area contributed by atoms with Crippen LogP contribution < -0.4 is 14.8 Å². The molecule has 0 aliphatic carbocycles. The molecule has 7 heteroatoms. The minimum Gasteiger partial charge on any atom is -0.493 e. The SMILES string of the molecule is C#CCOc1ccc(CCNC(=O)[C@H](COCc2ccc(Cl)cc2)OCC)cc1OC. The lowest BCUT2D eigenvalue weighted by Crippen LogP contribution is -2.40. The van der Waals surface area contributed by atoms with Gasteiger partial charge in [0.1, 0.15) is 6.61 Å². The highest BCUT2D eigenvalue weighted by atomic mass is 35.5. The zero-order valence-corrected chi connectivity index (χ0v) is 18.6. The lowest BCUT2D eigenvalue weighted by atomic mass is 10.1. The Morgan fingerprint density at radius 1 is 1.16 bits per heavy atom. The first-order valence-corrected chi connectivity index (χ1v) is 10.4. The maximum Gasteiger partial charge on any atom is 0.251 e. The highest BCUT2D eigenvalue weighted by Gasteiger charge is 2.18. The number of halogens is 1. The third kappa shape index (κ3) is 8.50. The van der Waals surface area contributed by atoms with Gasteiger partial charge >= 0.3 is 0 Å². The number of amides is 1. The quantitative estimate of drug-likeness (QED) is 0.477. The molecule has 0 heterocycles. The Labute approximate surface area is 188 Å². The summed E-state index contributed by atoms with van der Waals surface area (Å²) in [6, 6.07) is 13.0. The highest BCUT2D eigenvalue weighted by Crippen LogP contribution is 2.28. The molecule has 2 aromatic carbocycles. The molecule has 0 spiro atoms. The van der Waals surface area contributed by atoms with Crippen molar-refractivity contribution >= 4 is 17.5 Å². The van der Waals surface area contributed by atoms with Gasteiger partial charge in [0.05, 0.1) is 20.3 Å². The smallest absolute Gasteiger partial charge is 0.251 e. The first-order chi connectivity index (χ1) is 15.1. The number of hydrogen-bond acceptors (Lipinski definition) is 5. The van der Waals surface area contributed by atoms with E-state index in [-0.39, 0.29) is 19.1 Å². The summed E-state index contributed by atoms with van der Waals surface area (Å²) in [5, 5.41) is 3.57. The molecule has 0 aliphatic rings. The third-order valence-corrected chi connectivity index (χ3v) is 4.62. The summed E-state index contributed by atoms with van der Waals surface area (Å²) in [4.78, 5) is 12.5. The lowest BCUT2D eigenvalue weighted by Gasteiger charge is -2.17. The number of rotatable bonds is 13. The number of terminal acetylenes is 1. The van der Waals surface area contributed by atoms with Crippen molar-refractivity contribution < 1.29 is 23.7 Å². The van der Waals surface area contributed by atoms with Crippen molar-refractivity contribution in [1.29, 1.82) is 0 Å². The van der Waals surface area contributed by atoms with Crippen LogP contribution in [0.4, 0.5) is 0 Å². The average Bonchev–Trinajstić information content (AvgIpc) is 2.78. The molecule has 2 rings (SSSR count). The third-order valence-electron chi connectivity index (χ3n) is 4.36. The van der Waals surface area contributed by atoms with Crippen LogP contribution in [0.1, 0.15) is 18.1 Å². The zero-order chi connectivity index (χ0) is 22.5. The molecule has 31 heavy (non-hydrogen) atoms. The number of benzene rings is 2. The minimum atomic E-state index is -0.675. The van der Waals surface area contributed by atoms with Gasteiger partial charge in [-0.15, -0.1) is 6.42 Å². The molecule has 0 unspecified atom stereocenters. The van der Waals surface area contributed by atoms with Gasteiger partial charge in [-0.25, -0.2) is 0 Å². The molecule has 0 bridgehead atoms. The first-order valence-electron chi connectivity index (χ1n) is 10.0. The molecule has 0 fully saturated rings. The zero-order valence-electron chi connectivity index (χ0n) is 17.9. The number of methoxy groups -OCH3 is 1. The van der Waals surface area contributed by atoms with Crippen LogP contribution >= 0.6 is 11.6 Å². The summed E-state index contributed by atoms with van der Waals surface area (Å²) < 4.78 is 22.0. The van der Waals surface area contributed by atoms with E-state index >= 15 is 0 Å². The highest BCUT2D eigenvalue weighted by molar-refractivity contribution is 6.30. The predicted molar refractivity (Wildman–Crippen MR) is 121 cm³/mol. The molecule has 0 aromatic heterocycles. The molecule has 1 N–H and O–H groups in total. The summed E-state index contributed by atoms with van der Waals surface area (Å²) in [7, 11) is 1.57. The fourth-order valence-corrected chi connectivity index (χ4v) is 2.94. The van der Waals surface area contributed by atoms with Crippen LogP contribution in [0, 0.1) is 12.3 Å². The van der Waals surface area contributed by atoms with Crippen molar-refractivity contribution in [3.05, 3.63) is 58.6 Å². The van der Waals surface area contributed by atoms with Crippen LogP contribution in [0.15, 0.2) is 42.5 Å². The van der Waals surface area contributed by atoms with Gasteiger partial charge in [-0.2, -0.15) is 0 Å². The molecule has 1 atom stereocenters. The van der Waals surface area contributed by atoms with Gasteiger partial charge in [0.25, 0.3) is 5.91 Å². The molecular weight excluding hydrogens is 418 g/mol. The van der Waals surface area contributed by atoms with Crippen LogP contribution in [-0.2, 0) is 27.3 Å². The second kappa shape index (κ2) is 13.6. The van der Waals surface area contributed by atoms with Gasteiger partial charge in [-0.1, -0.05) is 35.7 Å². The standard InChI is InChI=1S/C24H28ClNO5/c1-4-14-31-21-11-8-18(15-22(21)28-3)12-13-26-24(27)23(30-5-2)17-29-16-19-6-9-20(25)10-7-19/h1,6-11,15,23H,5,12-14,16-17H2,2-3H3,(H,26,27)/t23-/m0/s1. The van der Waals surface area contributed by atoms with Crippen molar-refractivity contribution in [2.45, 2.75) is 26.1 Å². The largest absolute Gasteiger partial charge is 0.493 e. The second-order valence-electron chi connectivity index (χ2n) is 6.60. The van der Waals surface area contributed by atoms with Gasteiger partial charge in [-0.3, -0.25) is 4.79 Å². The van der Waals surface area contributed by atoms with Gasteiger partial charge in [0, 0.05) is 18.2 Å². The van der Waals surface area contributed by atoms with Crippen molar-refractivity contribution in [2.75, 3.05) is 33.5 Å². The van der Waals surface area contributed by atoms with Crippen molar-refractivity contribution in [1.82, 2.24) is 5.32 Å². The minimum absolute atomic E-state index is 0.164. The maximum atomic E-state index is 12.5. The Hall–Kier alpha value is -2.72. The van der Waals surface area contributed by atoms with E-state index < -0.39 is 6.10 Å². The van der Waals surface area contributed by atoms with E-state index in [1.54, 1.807) is 25.3 Å². The Bertz CT molecular complexity index is 863.